The summed E-state index contributed by atoms with van der Waals surface area (Å²) in [7, 11) is 0. The molecule has 46 valence electrons. The van der Waals surface area contributed by atoms with E-state index < -0.39 is 0 Å². The molecule has 0 heterocycles. The molecule has 0 aromatic heterocycles. The zero-order valence-electron chi connectivity index (χ0n) is 4.97. The lowest BCUT2D eigenvalue weighted by molar-refractivity contribution is 1.06. The summed E-state index contributed by atoms with van der Waals surface area (Å²) in [6.07, 6.45) is 12.3. The largest absolute Gasteiger partial charge is 0.115 e. The third kappa shape index (κ3) is 1.73. The molecule has 0 saturated carbocycles. The van der Waals surface area contributed by atoms with Crippen LogP contribution in [0.5, 0.6) is 0 Å². The minimum absolute atomic E-state index is 0.481. The van der Waals surface area contributed by atoms with E-state index in [4.69, 9.17) is 6.42 Å². The second-order valence-electron chi connectivity index (χ2n) is 1.91. The summed E-state index contributed by atoms with van der Waals surface area (Å²) in [4.78, 5) is 0.481. The average molecular weight is 183 g/mol. The lowest BCUT2D eigenvalue weighted by atomic mass is 10.1. The van der Waals surface area contributed by atoms with Crippen LogP contribution in [0.4, 0.5) is 0 Å². The van der Waals surface area contributed by atoms with Crippen LogP contribution in [0.3, 0.4) is 0 Å². The minimum atomic E-state index is 0.481. The zero-order chi connectivity index (χ0) is 6.69. The van der Waals surface area contributed by atoms with Crippen LogP contribution in [0, 0.1) is 12.3 Å². The monoisotopic (exact) mass is 182 g/mol. The van der Waals surface area contributed by atoms with Crippen molar-refractivity contribution in [3.63, 3.8) is 0 Å². The molecule has 0 aromatic rings. The molecule has 0 aliphatic heterocycles. The van der Waals surface area contributed by atoms with Crippen molar-refractivity contribution in [1.29, 1.82) is 0 Å². The van der Waals surface area contributed by atoms with E-state index >= 15 is 0 Å². The van der Waals surface area contributed by atoms with Gasteiger partial charge in [-0.15, -0.1) is 6.42 Å². The highest BCUT2D eigenvalue weighted by atomic mass is 79.9. The standard InChI is InChI=1S/C8H7Br/c1-2-7-3-5-8(9)6-4-7/h1,3-5,8H,6H2. The molecule has 1 rings (SSSR count). The molecular weight excluding hydrogens is 176 g/mol. The summed E-state index contributed by atoms with van der Waals surface area (Å²) < 4.78 is 0. The maximum Gasteiger partial charge on any atom is 0.0363 e. The highest BCUT2D eigenvalue weighted by Gasteiger charge is 2.01. The van der Waals surface area contributed by atoms with E-state index in [0.29, 0.717) is 4.83 Å². The molecule has 0 radical (unpaired) electrons. The Morgan fingerprint density at radius 2 is 2.56 bits per heavy atom. The van der Waals surface area contributed by atoms with Crippen LogP contribution in [0.25, 0.3) is 0 Å². The highest BCUT2D eigenvalue weighted by Crippen LogP contribution is 2.15. The molecule has 1 unspecified atom stereocenters. The van der Waals surface area contributed by atoms with Crippen LogP contribution >= 0.6 is 15.9 Å². The lowest BCUT2D eigenvalue weighted by Gasteiger charge is -2.04. The van der Waals surface area contributed by atoms with E-state index in [1.807, 2.05) is 6.08 Å². The Kier molecular flexibility index (Phi) is 2.13. The number of allylic oxidation sites excluding steroid dienone is 4. The van der Waals surface area contributed by atoms with Gasteiger partial charge in [-0.25, -0.2) is 0 Å². The first-order valence-electron chi connectivity index (χ1n) is 2.82. The van der Waals surface area contributed by atoms with E-state index in [2.05, 4.69) is 34.0 Å². The van der Waals surface area contributed by atoms with Gasteiger partial charge in [0.1, 0.15) is 0 Å². The number of hydrogen-bond acceptors (Lipinski definition) is 0. The third-order valence-electron chi connectivity index (χ3n) is 1.21. The molecule has 0 nitrogen and oxygen atoms in total. The Labute approximate surface area is 63.8 Å². The van der Waals surface area contributed by atoms with Crippen molar-refractivity contribution in [3.05, 3.63) is 23.8 Å². The van der Waals surface area contributed by atoms with Crippen molar-refractivity contribution in [2.24, 2.45) is 0 Å². The molecule has 9 heavy (non-hydrogen) atoms. The fourth-order valence-electron chi connectivity index (χ4n) is 0.701. The van der Waals surface area contributed by atoms with E-state index in [0.717, 1.165) is 12.0 Å². The molecule has 1 heteroatoms. The fourth-order valence-corrected chi connectivity index (χ4v) is 1.04. The number of terminal acetylenes is 1. The number of alkyl halides is 1. The third-order valence-corrected chi connectivity index (χ3v) is 1.89. The van der Waals surface area contributed by atoms with Crippen LogP contribution in [-0.4, -0.2) is 4.83 Å². The molecule has 0 aromatic carbocycles. The molecule has 1 aliphatic rings. The van der Waals surface area contributed by atoms with Crippen LogP contribution in [0.1, 0.15) is 6.42 Å². The van der Waals surface area contributed by atoms with Crippen molar-refractivity contribution in [1.82, 2.24) is 0 Å². The first-order valence-corrected chi connectivity index (χ1v) is 3.73. The second-order valence-corrected chi connectivity index (χ2v) is 3.09. The van der Waals surface area contributed by atoms with Gasteiger partial charge < -0.3 is 0 Å². The fraction of sp³-hybridized carbons (Fsp3) is 0.250. The first-order chi connectivity index (χ1) is 4.33. The highest BCUT2D eigenvalue weighted by molar-refractivity contribution is 9.09. The summed E-state index contributed by atoms with van der Waals surface area (Å²) in [6, 6.07) is 0. The lowest BCUT2D eigenvalue weighted by Crippen LogP contribution is -1.94. The summed E-state index contributed by atoms with van der Waals surface area (Å²) >= 11 is 3.44. The van der Waals surface area contributed by atoms with E-state index in [-0.39, 0.29) is 0 Å². The first kappa shape index (κ1) is 6.64. The molecule has 0 N–H and O–H groups in total. The Bertz CT molecular complexity index is 193. The predicted octanol–water partition coefficient (Wildman–Crippen LogP) is 2.27. The smallest absolute Gasteiger partial charge is 0.0363 e. The second kappa shape index (κ2) is 2.89. The zero-order valence-corrected chi connectivity index (χ0v) is 6.56. The van der Waals surface area contributed by atoms with Crippen molar-refractivity contribution >= 4 is 15.9 Å². The van der Waals surface area contributed by atoms with Gasteiger partial charge in [0.15, 0.2) is 0 Å². The summed E-state index contributed by atoms with van der Waals surface area (Å²) in [5.41, 5.74) is 0.991. The molecule has 1 atom stereocenters. The number of halogens is 1. The van der Waals surface area contributed by atoms with Crippen molar-refractivity contribution < 1.29 is 0 Å². The van der Waals surface area contributed by atoms with Gasteiger partial charge >= 0.3 is 0 Å². The van der Waals surface area contributed by atoms with Gasteiger partial charge in [0.2, 0.25) is 0 Å². The predicted molar refractivity (Wildman–Crippen MR) is 43.4 cm³/mol. The van der Waals surface area contributed by atoms with Gasteiger partial charge in [-0.3, -0.25) is 0 Å². The van der Waals surface area contributed by atoms with Gasteiger partial charge in [-0.05, 0) is 12.5 Å². The van der Waals surface area contributed by atoms with E-state index in [1.165, 1.54) is 0 Å². The van der Waals surface area contributed by atoms with Gasteiger partial charge in [-0.1, -0.05) is 34.0 Å². The quantitative estimate of drug-likeness (QED) is 0.399. The molecule has 0 spiro atoms. The van der Waals surface area contributed by atoms with Crippen molar-refractivity contribution in [2.75, 3.05) is 0 Å². The minimum Gasteiger partial charge on any atom is -0.115 e. The maximum absolute atomic E-state index is 5.16. The molecule has 0 bridgehead atoms. The van der Waals surface area contributed by atoms with Crippen molar-refractivity contribution in [2.45, 2.75) is 11.2 Å². The summed E-state index contributed by atoms with van der Waals surface area (Å²) in [5, 5.41) is 0. The maximum atomic E-state index is 5.16. The van der Waals surface area contributed by atoms with Gasteiger partial charge in [0, 0.05) is 10.4 Å². The molecule has 0 saturated heterocycles. The number of rotatable bonds is 0. The molecular formula is C8H7Br. The summed E-state index contributed by atoms with van der Waals surface area (Å²) in [6.45, 7) is 0. The van der Waals surface area contributed by atoms with Crippen LogP contribution < -0.4 is 0 Å². The Hall–Kier alpha value is -0.480. The topological polar surface area (TPSA) is 0 Å². The van der Waals surface area contributed by atoms with Gasteiger partial charge in [0.25, 0.3) is 0 Å². The Morgan fingerprint density at radius 1 is 1.78 bits per heavy atom. The van der Waals surface area contributed by atoms with E-state index in [1.54, 1.807) is 0 Å². The van der Waals surface area contributed by atoms with Crippen LogP contribution in [0.2, 0.25) is 0 Å². The van der Waals surface area contributed by atoms with Crippen LogP contribution in [0.15, 0.2) is 23.8 Å². The van der Waals surface area contributed by atoms with Crippen LogP contribution in [-0.2, 0) is 0 Å². The SMILES string of the molecule is C#CC1=CCC(Br)C=C1. The van der Waals surface area contributed by atoms with Crippen molar-refractivity contribution in [3.8, 4) is 12.3 Å². The molecule has 1 aliphatic carbocycles. The Balaban J connectivity index is 2.66. The average Bonchev–Trinajstić information content (AvgIpc) is 1.90. The van der Waals surface area contributed by atoms with Gasteiger partial charge in [0.05, 0.1) is 0 Å². The van der Waals surface area contributed by atoms with Gasteiger partial charge in [-0.2, -0.15) is 0 Å². The van der Waals surface area contributed by atoms with E-state index in [9.17, 15) is 0 Å². The Morgan fingerprint density at radius 3 is 3.00 bits per heavy atom. The molecule has 0 fully saturated rings. The number of hydrogen-bond donors (Lipinski definition) is 0. The summed E-state index contributed by atoms with van der Waals surface area (Å²) in [5.74, 6) is 2.58. The molecule has 0 amide bonds. The normalized spacial score (nSPS) is 24.9.